The molecule has 0 bridgehead atoms. The van der Waals surface area contributed by atoms with E-state index < -0.39 is 6.10 Å². The fourth-order valence-electron chi connectivity index (χ4n) is 7.97. The molecule has 0 saturated carbocycles. The van der Waals surface area contributed by atoms with Gasteiger partial charge in [-0.15, -0.1) is 0 Å². The molecule has 73 heavy (non-hydrogen) atoms. The molecule has 0 amide bonds. The van der Waals surface area contributed by atoms with Gasteiger partial charge in [0.25, 0.3) is 0 Å². The van der Waals surface area contributed by atoms with E-state index in [0.717, 1.165) is 116 Å². The van der Waals surface area contributed by atoms with Crippen molar-refractivity contribution in [1.82, 2.24) is 0 Å². The molecule has 414 valence electrons. The van der Waals surface area contributed by atoms with Crippen LogP contribution in [0.3, 0.4) is 0 Å². The monoisotopic (exact) mass is 1010 g/mol. The lowest BCUT2D eigenvalue weighted by molar-refractivity contribution is -0.167. The van der Waals surface area contributed by atoms with Gasteiger partial charge in [0.05, 0.1) is 0 Å². The second-order valence-corrected chi connectivity index (χ2v) is 19.5. The van der Waals surface area contributed by atoms with Crippen LogP contribution < -0.4 is 0 Å². The second-order valence-electron chi connectivity index (χ2n) is 19.5. The average molecular weight is 1010 g/mol. The minimum absolute atomic E-state index is 0.0996. The first-order chi connectivity index (χ1) is 36.0. The first-order valence-electron chi connectivity index (χ1n) is 30.0. The normalized spacial score (nSPS) is 13.0. The maximum absolute atomic E-state index is 12.8. The Kier molecular flexibility index (Phi) is 56.9. The number of rotatable bonds is 53. The fraction of sp³-hybridized carbons (Fsp3) is 0.657. The second kappa shape index (κ2) is 60.4. The van der Waals surface area contributed by atoms with Crippen LogP contribution in [0.1, 0.15) is 265 Å². The molecule has 0 aliphatic heterocycles. The van der Waals surface area contributed by atoms with Gasteiger partial charge in [0.2, 0.25) is 0 Å². The van der Waals surface area contributed by atoms with Crippen LogP contribution in [0.5, 0.6) is 0 Å². The lowest BCUT2D eigenvalue weighted by Crippen LogP contribution is -2.30. The molecule has 0 aromatic heterocycles. The van der Waals surface area contributed by atoms with Gasteiger partial charge in [-0.3, -0.25) is 14.4 Å². The van der Waals surface area contributed by atoms with E-state index in [-0.39, 0.29) is 37.5 Å². The van der Waals surface area contributed by atoms with Crippen molar-refractivity contribution in [2.75, 3.05) is 13.2 Å². The number of hydrogen-bond donors (Lipinski definition) is 0. The zero-order chi connectivity index (χ0) is 52.9. The molecule has 0 heterocycles. The van der Waals surface area contributed by atoms with Crippen molar-refractivity contribution in [2.45, 2.75) is 271 Å². The van der Waals surface area contributed by atoms with E-state index in [9.17, 15) is 14.4 Å². The van der Waals surface area contributed by atoms with Crippen molar-refractivity contribution < 1.29 is 28.6 Å². The number of ether oxygens (including phenoxy) is 3. The summed E-state index contributed by atoms with van der Waals surface area (Å²) < 4.78 is 16.8. The Morgan fingerprint density at radius 2 is 0.548 bits per heavy atom. The lowest BCUT2D eigenvalue weighted by Gasteiger charge is -2.18. The minimum atomic E-state index is -0.806. The Morgan fingerprint density at radius 3 is 0.904 bits per heavy atom. The summed E-state index contributed by atoms with van der Waals surface area (Å²) in [6.07, 6.45) is 83.5. The van der Waals surface area contributed by atoms with Gasteiger partial charge in [-0.2, -0.15) is 0 Å². The topological polar surface area (TPSA) is 78.9 Å². The van der Waals surface area contributed by atoms with Crippen LogP contribution in [0.15, 0.2) is 122 Å². The summed E-state index contributed by atoms with van der Waals surface area (Å²) >= 11 is 0. The van der Waals surface area contributed by atoms with Gasteiger partial charge in [0, 0.05) is 19.3 Å². The number of carbonyl (C=O) groups excluding carboxylic acids is 3. The maximum atomic E-state index is 12.8. The first-order valence-corrected chi connectivity index (χ1v) is 30.0. The molecule has 6 heteroatoms. The molecule has 1 atom stereocenters. The standard InChI is InChI=1S/C67H110O6/c1-4-7-10-13-16-19-22-24-26-28-29-30-31-32-33-34-35-36-37-38-39-40-42-43-45-48-51-54-57-60-66(69)72-63-64(62-71-65(68)59-56-53-50-47-21-18-15-12-9-6-3)73-67(70)61-58-55-52-49-46-44-41-27-25-23-20-17-14-11-8-5-2/h7,10,16,19,24,26-27,29-30,32-33,35-36,38-39,41-43,48,51,64H,4-6,8-9,11-15,17-18,20-23,25,28,31,34,37,40,44-47,49-50,52-63H2,1-3H3/b10-7-,19-16-,26-24-,30-29-,33-32-,36-35-,39-38-,41-27-,43-42-,51-48-. The molecular formula is C67H110O6. The Bertz CT molecular complexity index is 1540. The minimum Gasteiger partial charge on any atom is -0.462 e. The van der Waals surface area contributed by atoms with Crippen LogP contribution in [0, 0.1) is 0 Å². The molecule has 0 fully saturated rings. The summed E-state index contributed by atoms with van der Waals surface area (Å²) in [7, 11) is 0. The summed E-state index contributed by atoms with van der Waals surface area (Å²) in [4.78, 5) is 38.1. The van der Waals surface area contributed by atoms with Crippen molar-refractivity contribution in [1.29, 1.82) is 0 Å². The van der Waals surface area contributed by atoms with Crippen LogP contribution in [0.25, 0.3) is 0 Å². The predicted octanol–water partition coefficient (Wildman–Crippen LogP) is 20.4. The SMILES string of the molecule is CC/C=C\C/C=C\C/C=C\C/C=C\C/C=C\C/C=C\C/C=C\C/C=C\C/C=C\CCCC(=O)OCC(COC(=O)CCCCCCCCCCCC)OC(=O)CCCCCCC/C=C\CCCCCCCCC. The van der Waals surface area contributed by atoms with Crippen LogP contribution in [-0.2, 0) is 28.6 Å². The van der Waals surface area contributed by atoms with E-state index in [1.54, 1.807) is 0 Å². The third kappa shape index (κ3) is 58.6. The molecule has 0 aliphatic carbocycles. The zero-order valence-corrected chi connectivity index (χ0v) is 47.4. The molecule has 0 N–H and O–H groups in total. The van der Waals surface area contributed by atoms with E-state index in [1.165, 1.54) is 103 Å². The number of unbranched alkanes of at least 4 members (excludes halogenated alkanes) is 22. The number of carbonyl (C=O) groups is 3. The Labute approximate surface area is 450 Å². The molecule has 0 rings (SSSR count). The molecule has 0 radical (unpaired) electrons. The smallest absolute Gasteiger partial charge is 0.306 e. The number of hydrogen-bond acceptors (Lipinski definition) is 6. The van der Waals surface area contributed by atoms with Crippen molar-refractivity contribution in [3.8, 4) is 0 Å². The molecule has 0 saturated heterocycles. The van der Waals surface area contributed by atoms with Crippen LogP contribution in [0.4, 0.5) is 0 Å². The fourth-order valence-corrected chi connectivity index (χ4v) is 7.97. The molecular weight excluding hydrogens is 901 g/mol. The third-order valence-corrected chi connectivity index (χ3v) is 12.5. The van der Waals surface area contributed by atoms with Crippen LogP contribution in [0.2, 0.25) is 0 Å². The molecule has 1 unspecified atom stereocenters. The molecule has 0 spiro atoms. The number of allylic oxidation sites excluding steroid dienone is 20. The molecule has 0 aliphatic rings. The molecule has 0 aromatic carbocycles. The first kappa shape index (κ1) is 68.8. The highest BCUT2D eigenvalue weighted by molar-refractivity contribution is 5.71. The van der Waals surface area contributed by atoms with Crippen LogP contribution in [-0.4, -0.2) is 37.2 Å². The van der Waals surface area contributed by atoms with Crippen molar-refractivity contribution in [2.24, 2.45) is 0 Å². The van der Waals surface area contributed by atoms with Crippen molar-refractivity contribution in [3.05, 3.63) is 122 Å². The summed E-state index contributed by atoms with van der Waals surface area (Å²) in [5.74, 6) is -0.972. The van der Waals surface area contributed by atoms with Gasteiger partial charge in [0.15, 0.2) is 6.10 Å². The van der Waals surface area contributed by atoms with Gasteiger partial charge in [-0.25, -0.2) is 0 Å². The Balaban J connectivity index is 4.39. The van der Waals surface area contributed by atoms with Crippen molar-refractivity contribution in [3.63, 3.8) is 0 Å². The summed E-state index contributed by atoms with van der Waals surface area (Å²) in [6.45, 7) is 6.46. The van der Waals surface area contributed by atoms with E-state index in [2.05, 4.69) is 142 Å². The van der Waals surface area contributed by atoms with E-state index in [0.29, 0.717) is 19.3 Å². The van der Waals surface area contributed by atoms with Crippen molar-refractivity contribution >= 4 is 17.9 Å². The van der Waals surface area contributed by atoms with Gasteiger partial charge in [0.1, 0.15) is 13.2 Å². The Morgan fingerprint density at radius 1 is 0.288 bits per heavy atom. The summed E-state index contributed by atoms with van der Waals surface area (Å²) in [5, 5.41) is 0. The highest BCUT2D eigenvalue weighted by Gasteiger charge is 2.19. The third-order valence-electron chi connectivity index (χ3n) is 12.5. The highest BCUT2D eigenvalue weighted by atomic mass is 16.6. The highest BCUT2D eigenvalue weighted by Crippen LogP contribution is 2.14. The summed E-state index contributed by atoms with van der Waals surface area (Å²) in [6, 6.07) is 0. The van der Waals surface area contributed by atoms with E-state index >= 15 is 0 Å². The van der Waals surface area contributed by atoms with Gasteiger partial charge in [-0.1, -0.05) is 258 Å². The Hall–Kier alpha value is -4.19. The van der Waals surface area contributed by atoms with Gasteiger partial charge in [-0.05, 0) is 109 Å². The predicted molar refractivity (Wildman–Crippen MR) is 316 cm³/mol. The van der Waals surface area contributed by atoms with E-state index in [4.69, 9.17) is 14.2 Å². The summed E-state index contributed by atoms with van der Waals surface area (Å²) in [5.41, 5.74) is 0. The van der Waals surface area contributed by atoms with Crippen LogP contribution >= 0.6 is 0 Å². The quantitative estimate of drug-likeness (QED) is 0.0261. The maximum Gasteiger partial charge on any atom is 0.306 e. The van der Waals surface area contributed by atoms with Gasteiger partial charge < -0.3 is 14.2 Å². The molecule has 6 nitrogen and oxygen atoms in total. The zero-order valence-electron chi connectivity index (χ0n) is 47.4. The average Bonchev–Trinajstić information content (AvgIpc) is 3.39. The molecule has 0 aromatic rings. The van der Waals surface area contributed by atoms with Gasteiger partial charge >= 0.3 is 17.9 Å². The van der Waals surface area contributed by atoms with E-state index in [1.807, 2.05) is 0 Å². The lowest BCUT2D eigenvalue weighted by atomic mass is 10.1. The number of esters is 3. The largest absolute Gasteiger partial charge is 0.462 e.